The predicted octanol–water partition coefficient (Wildman–Crippen LogP) is 2.36. The molecular formula is C15H21BBrNO4S. The van der Waals surface area contributed by atoms with Crippen molar-refractivity contribution in [2.24, 2.45) is 0 Å². The molecule has 2 heterocycles. The van der Waals surface area contributed by atoms with E-state index >= 15 is 0 Å². The first-order valence-electron chi connectivity index (χ1n) is 7.85. The maximum absolute atomic E-state index is 11.8. The summed E-state index contributed by atoms with van der Waals surface area (Å²) in [5, 5.41) is 0. The molecule has 0 saturated carbocycles. The van der Waals surface area contributed by atoms with Crippen LogP contribution in [0.15, 0.2) is 9.85 Å². The van der Waals surface area contributed by atoms with Gasteiger partial charge in [-0.3, -0.25) is 14.5 Å². The van der Waals surface area contributed by atoms with Gasteiger partial charge in [0, 0.05) is 0 Å². The average Bonchev–Trinajstić information content (AvgIpc) is 2.82. The average molecular weight is 402 g/mol. The van der Waals surface area contributed by atoms with Crippen molar-refractivity contribution in [1.29, 1.82) is 0 Å². The van der Waals surface area contributed by atoms with Crippen molar-refractivity contribution in [1.82, 2.24) is 4.90 Å². The van der Waals surface area contributed by atoms with Crippen LogP contribution in [-0.2, 0) is 25.3 Å². The van der Waals surface area contributed by atoms with E-state index in [1.165, 1.54) is 36.2 Å². The molecule has 0 spiro atoms. The van der Waals surface area contributed by atoms with Crippen LogP contribution in [0, 0.1) is 0 Å². The first-order chi connectivity index (χ1) is 11.0. The SMILES string of the molecule is CCCCCCc1cc(B2OC(=O)CN(C)CC(=O)O2)sc1Br. The van der Waals surface area contributed by atoms with Crippen LogP contribution in [-0.4, -0.2) is 44.1 Å². The second-order valence-electron chi connectivity index (χ2n) is 5.74. The van der Waals surface area contributed by atoms with Gasteiger partial charge in [0.25, 0.3) is 0 Å². The Hall–Kier alpha value is -0.855. The Balaban J connectivity index is 2.04. The summed E-state index contributed by atoms with van der Waals surface area (Å²) in [5.41, 5.74) is 1.17. The van der Waals surface area contributed by atoms with E-state index in [0.717, 1.165) is 21.4 Å². The molecule has 1 saturated heterocycles. The Morgan fingerprint density at radius 3 is 2.48 bits per heavy atom. The molecular weight excluding hydrogens is 381 g/mol. The molecule has 1 aromatic rings. The third-order valence-corrected chi connectivity index (χ3v) is 5.57. The van der Waals surface area contributed by atoms with Crippen molar-refractivity contribution in [3.63, 3.8) is 0 Å². The Morgan fingerprint density at radius 1 is 1.22 bits per heavy atom. The highest BCUT2D eigenvalue weighted by Crippen LogP contribution is 2.25. The molecule has 0 amide bonds. The first-order valence-corrected chi connectivity index (χ1v) is 9.46. The number of rotatable bonds is 6. The Labute approximate surface area is 149 Å². The van der Waals surface area contributed by atoms with Crippen molar-refractivity contribution in [3.8, 4) is 0 Å². The van der Waals surface area contributed by atoms with E-state index < -0.39 is 7.12 Å². The third kappa shape index (κ3) is 5.62. The van der Waals surface area contributed by atoms with Gasteiger partial charge in [0.15, 0.2) is 0 Å². The van der Waals surface area contributed by atoms with Gasteiger partial charge in [0.1, 0.15) is 0 Å². The quantitative estimate of drug-likeness (QED) is 0.541. The van der Waals surface area contributed by atoms with Gasteiger partial charge in [0.2, 0.25) is 0 Å². The minimum atomic E-state index is -0.936. The number of hydrogen-bond acceptors (Lipinski definition) is 6. The molecule has 1 fully saturated rings. The number of thiophene rings is 1. The van der Waals surface area contributed by atoms with Gasteiger partial charge < -0.3 is 9.31 Å². The fourth-order valence-corrected chi connectivity index (χ4v) is 4.17. The second kappa shape index (κ2) is 8.85. The second-order valence-corrected chi connectivity index (χ2v) is 8.14. The van der Waals surface area contributed by atoms with Crippen molar-refractivity contribution in [2.75, 3.05) is 20.1 Å². The van der Waals surface area contributed by atoms with Gasteiger partial charge >= 0.3 is 19.1 Å². The topological polar surface area (TPSA) is 55.8 Å². The molecule has 0 radical (unpaired) electrons. The maximum atomic E-state index is 11.8. The minimum absolute atomic E-state index is 0.0853. The fraction of sp³-hybridized carbons (Fsp3) is 0.600. The molecule has 0 N–H and O–H groups in total. The summed E-state index contributed by atoms with van der Waals surface area (Å²) in [4.78, 5) is 25.2. The number of nitrogens with zero attached hydrogens (tertiary/aromatic N) is 1. The summed E-state index contributed by atoms with van der Waals surface area (Å²) in [7, 11) is 0.744. The number of likely N-dealkylation sites (N-methyl/N-ethyl adjacent to an activating group) is 1. The monoisotopic (exact) mass is 401 g/mol. The summed E-state index contributed by atoms with van der Waals surface area (Å²) in [6.07, 6.45) is 5.73. The third-order valence-electron chi connectivity index (χ3n) is 3.58. The molecule has 0 unspecified atom stereocenters. The van der Waals surface area contributed by atoms with E-state index in [1.54, 1.807) is 11.9 Å². The first kappa shape index (κ1) is 18.5. The van der Waals surface area contributed by atoms with Crippen LogP contribution in [0.3, 0.4) is 0 Å². The molecule has 126 valence electrons. The van der Waals surface area contributed by atoms with Crippen LogP contribution in [0.2, 0.25) is 0 Å². The lowest BCUT2D eigenvalue weighted by atomic mass is 9.86. The van der Waals surface area contributed by atoms with E-state index in [1.807, 2.05) is 6.07 Å². The molecule has 23 heavy (non-hydrogen) atoms. The Morgan fingerprint density at radius 2 is 1.87 bits per heavy atom. The maximum Gasteiger partial charge on any atom is 0.647 e. The van der Waals surface area contributed by atoms with Gasteiger partial charge in [-0.2, -0.15) is 0 Å². The number of carbonyl (C=O) groups is 2. The zero-order valence-electron chi connectivity index (χ0n) is 13.5. The molecule has 8 heteroatoms. The standard InChI is InChI=1S/C15H21BBrNO4S/c1-3-4-5-6-7-11-8-12(23-15(11)17)16-21-13(19)9-18(2)10-14(20)22-16/h8H,3-7,9-10H2,1-2H3. The van der Waals surface area contributed by atoms with E-state index in [9.17, 15) is 9.59 Å². The van der Waals surface area contributed by atoms with E-state index in [4.69, 9.17) is 9.31 Å². The highest BCUT2D eigenvalue weighted by molar-refractivity contribution is 9.11. The van der Waals surface area contributed by atoms with Crippen LogP contribution in [0.4, 0.5) is 0 Å². The molecule has 1 aromatic heterocycles. The van der Waals surface area contributed by atoms with Gasteiger partial charge in [0.05, 0.1) is 21.7 Å². The summed E-state index contributed by atoms with van der Waals surface area (Å²) in [6, 6.07) is 1.97. The van der Waals surface area contributed by atoms with Crippen molar-refractivity contribution in [2.45, 2.75) is 39.0 Å². The van der Waals surface area contributed by atoms with Gasteiger partial charge in [-0.15, -0.1) is 11.3 Å². The highest BCUT2D eigenvalue weighted by Gasteiger charge is 2.35. The molecule has 0 aromatic carbocycles. The van der Waals surface area contributed by atoms with Crippen LogP contribution in [0.1, 0.15) is 38.2 Å². The lowest BCUT2D eigenvalue weighted by Gasteiger charge is -2.21. The summed E-state index contributed by atoms with van der Waals surface area (Å²) >= 11 is 5.01. The molecule has 0 bridgehead atoms. The normalized spacial score (nSPS) is 16.7. The molecule has 1 aliphatic rings. The van der Waals surface area contributed by atoms with Crippen molar-refractivity contribution >= 4 is 51.1 Å². The van der Waals surface area contributed by atoms with Crippen molar-refractivity contribution < 1.29 is 18.9 Å². The van der Waals surface area contributed by atoms with Crippen LogP contribution in [0.5, 0.6) is 0 Å². The number of carbonyl (C=O) groups excluding carboxylic acids is 2. The molecule has 1 aliphatic heterocycles. The molecule has 0 aliphatic carbocycles. The molecule has 2 rings (SSSR count). The smallest absolute Gasteiger partial charge is 0.494 e. The number of hydrogen-bond donors (Lipinski definition) is 0. The summed E-state index contributed by atoms with van der Waals surface area (Å²) in [5.74, 6) is -0.780. The van der Waals surface area contributed by atoms with Crippen LogP contribution in [0.25, 0.3) is 0 Å². The van der Waals surface area contributed by atoms with E-state index in [-0.39, 0.29) is 25.0 Å². The van der Waals surface area contributed by atoms with Gasteiger partial charge in [-0.25, -0.2) is 0 Å². The zero-order valence-corrected chi connectivity index (χ0v) is 15.9. The Kier molecular flexibility index (Phi) is 7.11. The largest absolute Gasteiger partial charge is 0.647 e. The fourth-order valence-electron chi connectivity index (χ4n) is 2.41. The lowest BCUT2D eigenvalue weighted by Crippen LogP contribution is -2.47. The minimum Gasteiger partial charge on any atom is -0.494 e. The number of aryl methyl sites for hydroxylation is 1. The lowest BCUT2D eigenvalue weighted by molar-refractivity contribution is -0.145. The predicted molar refractivity (Wildman–Crippen MR) is 94.9 cm³/mol. The summed E-state index contributed by atoms with van der Waals surface area (Å²) in [6.45, 7) is 2.36. The zero-order chi connectivity index (χ0) is 16.8. The Bertz CT molecular complexity index is 546. The van der Waals surface area contributed by atoms with Gasteiger partial charge in [-0.1, -0.05) is 26.2 Å². The highest BCUT2D eigenvalue weighted by atomic mass is 79.9. The molecule has 0 atom stereocenters. The summed E-state index contributed by atoms with van der Waals surface area (Å²) < 4.78 is 12.3. The van der Waals surface area contributed by atoms with Crippen LogP contribution >= 0.6 is 27.3 Å². The van der Waals surface area contributed by atoms with Crippen LogP contribution < -0.4 is 4.78 Å². The van der Waals surface area contributed by atoms with Gasteiger partial charge in [-0.05, 0) is 47.4 Å². The van der Waals surface area contributed by atoms with E-state index in [0.29, 0.717) is 0 Å². The van der Waals surface area contributed by atoms with E-state index in [2.05, 4.69) is 22.9 Å². The number of halogens is 1. The number of unbranched alkanes of at least 4 members (excludes halogenated alkanes) is 3. The van der Waals surface area contributed by atoms with Crippen molar-refractivity contribution in [3.05, 3.63) is 15.4 Å². The molecule has 5 nitrogen and oxygen atoms in total.